The molecule has 0 bridgehead atoms. The van der Waals surface area contributed by atoms with E-state index in [2.05, 4.69) is 10.2 Å². The molecule has 0 saturated heterocycles. The smallest absolute Gasteiger partial charge is 0.155 e. The van der Waals surface area contributed by atoms with Crippen LogP contribution in [0.5, 0.6) is 5.75 Å². The fraction of sp³-hybridized carbons (Fsp3) is 0. The van der Waals surface area contributed by atoms with Gasteiger partial charge in [0, 0.05) is 11.1 Å². The van der Waals surface area contributed by atoms with Gasteiger partial charge in [-0.2, -0.15) is 0 Å². The molecule has 18 heavy (non-hydrogen) atoms. The lowest BCUT2D eigenvalue weighted by atomic mass is 10.1. The number of benzene rings is 2. The highest BCUT2D eigenvalue weighted by Crippen LogP contribution is 2.15. The summed E-state index contributed by atoms with van der Waals surface area (Å²) < 4.78 is 0. The highest BCUT2D eigenvalue weighted by Gasteiger charge is 2.07. The van der Waals surface area contributed by atoms with Gasteiger partial charge in [-0.15, -0.1) is 10.2 Å². The van der Waals surface area contributed by atoms with Gasteiger partial charge in [0.15, 0.2) is 5.84 Å². The van der Waals surface area contributed by atoms with Crippen LogP contribution in [-0.2, 0) is 0 Å². The molecule has 0 saturated carbocycles. The van der Waals surface area contributed by atoms with Crippen LogP contribution in [-0.4, -0.2) is 10.9 Å². The molecule has 0 atom stereocenters. The first kappa shape index (κ1) is 10.5. The lowest BCUT2D eigenvalue weighted by Gasteiger charge is -1.98. The van der Waals surface area contributed by atoms with E-state index in [1.807, 2.05) is 36.4 Å². The monoisotopic (exact) mass is 237 g/mol. The van der Waals surface area contributed by atoms with E-state index in [0.717, 1.165) is 21.7 Å². The van der Waals surface area contributed by atoms with E-state index in [4.69, 9.17) is 5.73 Å². The van der Waals surface area contributed by atoms with Gasteiger partial charge >= 0.3 is 0 Å². The summed E-state index contributed by atoms with van der Waals surface area (Å²) in [6.45, 7) is 0. The molecular formula is C14H11N3O. The van der Waals surface area contributed by atoms with Crippen LogP contribution >= 0.6 is 0 Å². The summed E-state index contributed by atoms with van der Waals surface area (Å²) in [5, 5.41) is 19.2. The molecule has 88 valence electrons. The van der Waals surface area contributed by atoms with Gasteiger partial charge in [-0.25, -0.2) is 0 Å². The Labute approximate surface area is 103 Å². The highest BCUT2D eigenvalue weighted by molar-refractivity contribution is 5.98. The summed E-state index contributed by atoms with van der Waals surface area (Å²) in [6.07, 6.45) is 1.89. The Morgan fingerprint density at radius 2 is 1.89 bits per heavy atom. The Hall–Kier alpha value is -2.62. The minimum Gasteiger partial charge on any atom is -0.507 e. The van der Waals surface area contributed by atoms with Gasteiger partial charge in [0.1, 0.15) is 5.75 Å². The maximum absolute atomic E-state index is 9.72. The third-order valence-electron chi connectivity index (χ3n) is 2.82. The van der Waals surface area contributed by atoms with E-state index >= 15 is 0 Å². The Morgan fingerprint density at radius 3 is 2.72 bits per heavy atom. The van der Waals surface area contributed by atoms with Crippen LogP contribution in [0.2, 0.25) is 0 Å². The molecule has 1 heterocycles. The van der Waals surface area contributed by atoms with E-state index < -0.39 is 0 Å². The molecule has 4 nitrogen and oxygen atoms in total. The largest absolute Gasteiger partial charge is 0.507 e. The van der Waals surface area contributed by atoms with Gasteiger partial charge in [0.25, 0.3) is 0 Å². The maximum atomic E-state index is 9.72. The van der Waals surface area contributed by atoms with E-state index in [1.165, 1.54) is 0 Å². The van der Waals surface area contributed by atoms with Crippen LogP contribution in [0.4, 0.5) is 0 Å². The summed E-state index contributed by atoms with van der Waals surface area (Å²) in [5.74, 6) is 0.682. The van der Waals surface area contributed by atoms with E-state index in [9.17, 15) is 5.11 Å². The van der Waals surface area contributed by atoms with Crippen molar-refractivity contribution in [2.24, 2.45) is 15.9 Å². The summed E-state index contributed by atoms with van der Waals surface area (Å²) >= 11 is 0. The van der Waals surface area contributed by atoms with Crippen LogP contribution in [0.25, 0.3) is 6.08 Å². The molecule has 2 aromatic rings. The van der Waals surface area contributed by atoms with Gasteiger partial charge in [-0.1, -0.05) is 24.3 Å². The second-order valence-corrected chi connectivity index (χ2v) is 4.06. The minimum atomic E-state index is 0.254. The summed E-state index contributed by atoms with van der Waals surface area (Å²) in [7, 11) is 0. The molecule has 0 aliphatic carbocycles. The highest BCUT2D eigenvalue weighted by atomic mass is 16.3. The quantitative estimate of drug-likeness (QED) is 0.757. The number of hydrogen-bond acceptors (Lipinski definition) is 4. The third kappa shape index (κ3) is 1.73. The predicted octanol–water partition coefficient (Wildman–Crippen LogP) is 0.474. The number of amidine groups is 1. The van der Waals surface area contributed by atoms with E-state index in [0.29, 0.717) is 5.84 Å². The standard InChI is InChI=1S/C14H11N3O/c15-14-11-8-9(5-6-12(11)16-17-14)7-10-3-1-2-4-13(10)18/h1-8,18H,(H2,15,17). The molecule has 0 aromatic heterocycles. The first-order valence-electron chi connectivity index (χ1n) is 5.55. The molecule has 0 unspecified atom stereocenters. The van der Waals surface area contributed by atoms with E-state index in [1.54, 1.807) is 12.1 Å². The Balaban J connectivity index is 2.15. The number of aromatic hydroxyl groups is 1. The van der Waals surface area contributed by atoms with Gasteiger partial charge in [-0.3, -0.25) is 0 Å². The molecule has 0 spiro atoms. The number of phenols is 1. The van der Waals surface area contributed by atoms with Crippen molar-refractivity contribution in [3.05, 3.63) is 64.2 Å². The normalized spacial score (nSPS) is 14.0. The number of nitrogens with two attached hydrogens (primary N) is 1. The molecule has 3 rings (SSSR count). The zero-order valence-corrected chi connectivity index (χ0v) is 9.54. The minimum absolute atomic E-state index is 0.254. The van der Waals surface area contributed by atoms with Gasteiger partial charge in [-0.05, 0) is 29.5 Å². The summed E-state index contributed by atoms with van der Waals surface area (Å²) in [5.41, 5.74) is 7.33. The first-order valence-corrected chi connectivity index (χ1v) is 5.55. The number of nitrogens with zero attached hydrogens (tertiary/aromatic N) is 2. The summed E-state index contributed by atoms with van der Waals surface area (Å²) in [6, 6.07) is 12.9. The van der Waals surface area contributed by atoms with Crippen molar-refractivity contribution < 1.29 is 5.11 Å². The van der Waals surface area contributed by atoms with Crippen molar-refractivity contribution in [1.29, 1.82) is 0 Å². The van der Waals surface area contributed by atoms with Crippen molar-refractivity contribution in [3.8, 4) is 5.75 Å². The van der Waals surface area contributed by atoms with Gasteiger partial charge in [0.2, 0.25) is 0 Å². The number of rotatable bonds is 1. The van der Waals surface area contributed by atoms with Crippen molar-refractivity contribution >= 4 is 11.9 Å². The van der Waals surface area contributed by atoms with Crippen LogP contribution in [0.3, 0.4) is 0 Å². The topological polar surface area (TPSA) is 71.0 Å². The molecule has 2 aromatic carbocycles. The van der Waals surface area contributed by atoms with Crippen LogP contribution in [0.15, 0.2) is 52.7 Å². The van der Waals surface area contributed by atoms with Gasteiger partial charge in [0.05, 0.1) is 5.36 Å². The Bertz CT molecular complexity index is 763. The predicted molar refractivity (Wildman–Crippen MR) is 69.6 cm³/mol. The van der Waals surface area contributed by atoms with Crippen molar-refractivity contribution in [3.63, 3.8) is 0 Å². The molecule has 0 amide bonds. The van der Waals surface area contributed by atoms with Gasteiger partial charge < -0.3 is 10.8 Å². The second-order valence-electron chi connectivity index (χ2n) is 4.06. The van der Waals surface area contributed by atoms with Crippen molar-refractivity contribution in [1.82, 2.24) is 0 Å². The van der Waals surface area contributed by atoms with Crippen molar-refractivity contribution in [2.75, 3.05) is 0 Å². The second kappa shape index (κ2) is 4.00. The van der Waals surface area contributed by atoms with Crippen LogP contribution in [0.1, 0.15) is 11.1 Å². The Kier molecular flexibility index (Phi) is 2.34. The molecule has 3 N–H and O–H groups in total. The molecule has 0 fully saturated rings. The fourth-order valence-electron chi connectivity index (χ4n) is 1.89. The third-order valence-corrected chi connectivity index (χ3v) is 2.82. The first-order chi connectivity index (χ1) is 8.74. The zero-order chi connectivity index (χ0) is 12.5. The van der Waals surface area contributed by atoms with Crippen LogP contribution in [0, 0.1) is 0 Å². The number of phenolic OH excluding ortho intramolecular Hbond substituents is 1. The Morgan fingerprint density at radius 1 is 1.06 bits per heavy atom. The fourth-order valence-corrected chi connectivity index (χ4v) is 1.89. The average Bonchev–Trinajstić information content (AvgIpc) is 2.74. The number of hydrogen-bond donors (Lipinski definition) is 2. The molecule has 4 heteroatoms. The molecular weight excluding hydrogens is 226 g/mol. The summed E-state index contributed by atoms with van der Waals surface area (Å²) in [4.78, 5) is 0. The molecule has 1 aliphatic rings. The lowest BCUT2D eigenvalue weighted by molar-refractivity contribution is 0.474. The molecule has 0 radical (unpaired) electrons. The zero-order valence-electron chi connectivity index (χ0n) is 9.54. The maximum Gasteiger partial charge on any atom is 0.155 e. The number of fused-ring (bicyclic) bond motifs is 1. The van der Waals surface area contributed by atoms with Crippen LogP contribution < -0.4 is 16.3 Å². The SMILES string of the molecule is NC1=NN=c2ccc(=Cc3ccccc3O)cc21. The average molecular weight is 237 g/mol. The van der Waals surface area contributed by atoms with Crippen molar-refractivity contribution in [2.45, 2.75) is 0 Å². The van der Waals surface area contributed by atoms with E-state index in [-0.39, 0.29) is 5.75 Å². The lowest BCUT2D eigenvalue weighted by Crippen LogP contribution is -2.21. The molecule has 1 aliphatic heterocycles. The number of para-hydroxylation sites is 1.